The molecule has 2 N–H and O–H groups in total. The summed E-state index contributed by atoms with van der Waals surface area (Å²) in [5, 5.41) is 4.42. The maximum atomic E-state index is 10.2. The Labute approximate surface area is 46.9 Å². The molecule has 8 heavy (non-hydrogen) atoms. The van der Waals surface area contributed by atoms with Crippen LogP contribution in [0.3, 0.4) is 0 Å². The molecule has 1 aliphatic heterocycles. The van der Waals surface area contributed by atoms with Gasteiger partial charge in [-0.05, 0) is 0 Å². The van der Waals surface area contributed by atoms with Crippen LogP contribution in [-0.2, 0) is 0 Å². The molecule has 0 aliphatic carbocycles. The Morgan fingerprint density at radius 1 is 1.50 bits per heavy atom. The van der Waals surface area contributed by atoms with Crippen LogP contribution in [-0.4, -0.2) is 25.6 Å². The zero-order valence-electron chi connectivity index (χ0n) is 4.10. The number of urea groups is 1. The van der Waals surface area contributed by atoms with Crippen molar-refractivity contribution in [2.24, 2.45) is 0 Å². The molecule has 3 amide bonds. The van der Waals surface area contributed by atoms with Gasteiger partial charge in [0.05, 0.1) is 0 Å². The molecule has 0 aromatic heterocycles. The summed E-state index contributed by atoms with van der Waals surface area (Å²) in [6, 6.07) is -0.419. The third kappa shape index (κ3) is 0.990. The zero-order valence-corrected chi connectivity index (χ0v) is 4.10. The molecule has 0 spiro atoms. The molecule has 1 saturated heterocycles. The topological polar surface area (TPSA) is 58.2 Å². The number of nitrogens with one attached hydrogen (secondary N) is 2. The molecule has 1 aliphatic rings. The predicted octanol–water partition coefficient (Wildman–Crippen LogP) is -0.919. The molecule has 0 aromatic rings. The first-order chi connectivity index (χ1) is 3.79. The molecule has 1 rings (SSSR count). The molecular weight excluding hydrogens is 107 g/mol. The Morgan fingerprint density at radius 2 is 2.25 bits per heavy atom. The molecular formula is C3H4BN2O2. The molecule has 0 atom stereocenters. The van der Waals surface area contributed by atoms with E-state index in [0.717, 1.165) is 0 Å². The minimum absolute atomic E-state index is 0.325. The van der Waals surface area contributed by atoms with E-state index in [0.29, 0.717) is 6.44 Å². The number of carbonyl (C=O) groups is 2. The van der Waals surface area contributed by atoms with Gasteiger partial charge in [-0.15, -0.1) is 0 Å². The van der Waals surface area contributed by atoms with Crippen LogP contribution in [0.25, 0.3) is 0 Å². The fourth-order valence-electron chi connectivity index (χ4n) is 0.444. The van der Waals surface area contributed by atoms with Gasteiger partial charge in [-0.3, -0.25) is 10.1 Å². The second kappa shape index (κ2) is 1.86. The van der Waals surface area contributed by atoms with Crippen molar-refractivity contribution in [3.05, 3.63) is 0 Å². The van der Waals surface area contributed by atoms with Crippen LogP contribution >= 0.6 is 0 Å². The van der Waals surface area contributed by atoms with E-state index in [9.17, 15) is 9.59 Å². The summed E-state index contributed by atoms with van der Waals surface area (Å²) in [5.41, 5.74) is 0. The Morgan fingerprint density at radius 3 is 2.62 bits per heavy atom. The number of carbonyl (C=O) groups excluding carboxylic acids is 2. The van der Waals surface area contributed by atoms with Crippen molar-refractivity contribution in [2.75, 3.05) is 6.44 Å². The van der Waals surface area contributed by atoms with Crippen molar-refractivity contribution in [1.29, 1.82) is 0 Å². The molecule has 0 bridgehead atoms. The van der Waals surface area contributed by atoms with Gasteiger partial charge >= 0.3 is 6.03 Å². The van der Waals surface area contributed by atoms with E-state index in [4.69, 9.17) is 0 Å². The molecule has 5 heteroatoms. The average Bonchev–Trinajstić information content (AvgIpc) is 1.64. The monoisotopic (exact) mass is 111 g/mol. The first kappa shape index (κ1) is 5.15. The highest BCUT2D eigenvalue weighted by molar-refractivity contribution is 6.75. The van der Waals surface area contributed by atoms with E-state index in [2.05, 4.69) is 5.32 Å². The zero-order chi connectivity index (χ0) is 5.98. The molecule has 1 radical (unpaired) electrons. The van der Waals surface area contributed by atoms with Gasteiger partial charge in [0, 0.05) is 6.44 Å². The minimum atomic E-state index is -0.419. The summed E-state index contributed by atoms with van der Waals surface area (Å²) < 4.78 is 0. The van der Waals surface area contributed by atoms with Crippen LogP contribution < -0.4 is 10.6 Å². The quantitative estimate of drug-likeness (QED) is 0.397. The summed E-state index contributed by atoms with van der Waals surface area (Å²) in [6.07, 6.45) is 0.338. The van der Waals surface area contributed by atoms with E-state index in [1.54, 1.807) is 0 Å². The Balaban J connectivity index is 2.45. The predicted molar refractivity (Wildman–Crippen MR) is 27.7 cm³/mol. The van der Waals surface area contributed by atoms with Crippen molar-refractivity contribution >= 4 is 19.1 Å². The van der Waals surface area contributed by atoms with E-state index in [1.165, 1.54) is 7.28 Å². The van der Waals surface area contributed by atoms with Gasteiger partial charge in [0.15, 0.2) is 5.81 Å². The largest absolute Gasteiger partial charge is 0.345 e. The maximum Gasteiger partial charge on any atom is 0.320 e. The lowest BCUT2D eigenvalue weighted by Gasteiger charge is -2.09. The lowest BCUT2D eigenvalue weighted by molar-refractivity contribution is 0.235. The minimum Gasteiger partial charge on any atom is -0.345 e. The number of imide groups is 1. The van der Waals surface area contributed by atoms with Crippen LogP contribution in [0, 0.1) is 0 Å². The van der Waals surface area contributed by atoms with E-state index in [1.807, 2.05) is 5.32 Å². The fraction of sp³-hybridized carbons (Fsp3) is 0.333. The van der Waals surface area contributed by atoms with E-state index >= 15 is 0 Å². The third-order valence-electron chi connectivity index (χ3n) is 0.787. The van der Waals surface area contributed by atoms with Crippen molar-refractivity contribution < 1.29 is 9.59 Å². The van der Waals surface area contributed by atoms with Crippen LogP contribution in [0.4, 0.5) is 9.59 Å². The number of rotatable bonds is 0. The Bertz CT molecular complexity index is 121. The second-order valence-electron chi connectivity index (χ2n) is 1.40. The Kier molecular flexibility index (Phi) is 1.19. The number of hydrogen-bond donors (Lipinski definition) is 2. The van der Waals surface area contributed by atoms with Crippen LogP contribution in [0.5, 0.6) is 0 Å². The molecule has 0 unspecified atom stereocenters. The van der Waals surface area contributed by atoms with E-state index < -0.39 is 6.03 Å². The smallest absolute Gasteiger partial charge is 0.320 e. The van der Waals surface area contributed by atoms with Gasteiger partial charge in [0.2, 0.25) is 0 Å². The SMILES string of the molecule is O=C1[B]CNC(=O)N1. The summed E-state index contributed by atoms with van der Waals surface area (Å²) in [5.74, 6) is -0.325. The maximum absolute atomic E-state index is 10.2. The molecule has 4 nitrogen and oxygen atoms in total. The first-order valence-corrected chi connectivity index (χ1v) is 2.21. The number of hydrogen-bond acceptors (Lipinski definition) is 2. The lowest BCUT2D eigenvalue weighted by Crippen LogP contribution is -2.50. The Hall–Kier alpha value is -0.995. The highest BCUT2D eigenvalue weighted by Gasteiger charge is 2.13. The normalized spacial score (nSPS) is 18.5. The van der Waals surface area contributed by atoms with Crippen LogP contribution in [0.2, 0.25) is 0 Å². The molecule has 0 aromatic carbocycles. The summed E-state index contributed by atoms with van der Waals surface area (Å²) >= 11 is 0. The van der Waals surface area contributed by atoms with Crippen molar-refractivity contribution in [2.45, 2.75) is 0 Å². The third-order valence-corrected chi connectivity index (χ3v) is 0.787. The summed E-state index contributed by atoms with van der Waals surface area (Å²) in [4.78, 5) is 20.5. The van der Waals surface area contributed by atoms with Gasteiger partial charge in [0.1, 0.15) is 0 Å². The van der Waals surface area contributed by atoms with Gasteiger partial charge in [-0.2, -0.15) is 0 Å². The fourth-order valence-corrected chi connectivity index (χ4v) is 0.444. The van der Waals surface area contributed by atoms with Gasteiger partial charge in [-0.1, -0.05) is 0 Å². The first-order valence-electron chi connectivity index (χ1n) is 2.21. The molecule has 1 fully saturated rings. The van der Waals surface area contributed by atoms with Crippen molar-refractivity contribution in [3.63, 3.8) is 0 Å². The highest BCUT2D eigenvalue weighted by atomic mass is 16.2. The van der Waals surface area contributed by atoms with Crippen molar-refractivity contribution in [3.8, 4) is 0 Å². The summed E-state index contributed by atoms with van der Waals surface area (Å²) in [7, 11) is 1.36. The molecule has 0 saturated carbocycles. The van der Waals surface area contributed by atoms with Gasteiger partial charge < -0.3 is 5.32 Å². The van der Waals surface area contributed by atoms with Gasteiger partial charge in [-0.25, -0.2) is 4.79 Å². The van der Waals surface area contributed by atoms with Crippen LogP contribution in [0.15, 0.2) is 0 Å². The van der Waals surface area contributed by atoms with Gasteiger partial charge in [0.25, 0.3) is 7.28 Å². The van der Waals surface area contributed by atoms with Crippen LogP contribution in [0.1, 0.15) is 0 Å². The summed E-state index contributed by atoms with van der Waals surface area (Å²) in [6.45, 7) is 0. The molecule has 1 heterocycles. The highest BCUT2D eigenvalue weighted by Crippen LogP contribution is 1.75. The van der Waals surface area contributed by atoms with E-state index in [-0.39, 0.29) is 5.81 Å². The standard InChI is InChI=1S/C3H4BN2O2/c7-2-4-1-5-3(8)6-2/h1H2,(H2,5,6,7,8). The number of amides is 3. The lowest BCUT2D eigenvalue weighted by atomic mass is 9.76. The second-order valence-corrected chi connectivity index (χ2v) is 1.40. The van der Waals surface area contributed by atoms with Crippen molar-refractivity contribution in [1.82, 2.24) is 10.6 Å². The average molecular weight is 111 g/mol. The molecule has 41 valence electrons.